The van der Waals surface area contributed by atoms with Gasteiger partial charge in [0.15, 0.2) is 5.16 Å². The predicted octanol–water partition coefficient (Wildman–Crippen LogP) is 3.21. The average molecular weight is 497 g/mol. The minimum atomic E-state index is -0.289. The van der Waals surface area contributed by atoms with E-state index >= 15 is 0 Å². The van der Waals surface area contributed by atoms with Crippen LogP contribution in [-0.2, 0) is 16.1 Å². The first-order valence-electron chi connectivity index (χ1n) is 11.6. The third-order valence-electron chi connectivity index (χ3n) is 6.09. The Bertz CT molecular complexity index is 1170. The topological polar surface area (TPSA) is 98.2 Å². The molecule has 1 amide bonds. The van der Waals surface area contributed by atoms with Crippen LogP contribution >= 0.6 is 11.8 Å². The van der Waals surface area contributed by atoms with Crippen molar-refractivity contribution in [3.63, 3.8) is 0 Å². The summed E-state index contributed by atoms with van der Waals surface area (Å²) in [6, 6.07) is 11.1. The molecule has 184 valence electrons. The third-order valence-corrected chi connectivity index (χ3v) is 7.04. The van der Waals surface area contributed by atoms with Crippen molar-refractivity contribution >= 4 is 29.3 Å². The van der Waals surface area contributed by atoms with Crippen molar-refractivity contribution in [1.82, 2.24) is 19.8 Å². The molecule has 2 aliphatic rings. The van der Waals surface area contributed by atoms with Crippen molar-refractivity contribution in [3.8, 4) is 5.75 Å². The van der Waals surface area contributed by atoms with Crippen molar-refractivity contribution in [2.24, 2.45) is 5.10 Å². The van der Waals surface area contributed by atoms with Gasteiger partial charge >= 0.3 is 0 Å². The Morgan fingerprint density at radius 2 is 1.97 bits per heavy atom. The molecule has 0 N–H and O–H groups in total. The van der Waals surface area contributed by atoms with Crippen molar-refractivity contribution in [3.05, 3.63) is 54.0 Å². The van der Waals surface area contributed by atoms with Gasteiger partial charge in [0.2, 0.25) is 5.95 Å². The van der Waals surface area contributed by atoms with Crippen LogP contribution in [0.5, 0.6) is 5.75 Å². The van der Waals surface area contributed by atoms with Crippen LogP contribution in [0.1, 0.15) is 30.7 Å². The van der Waals surface area contributed by atoms with Crippen molar-refractivity contribution in [2.75, 3.05) is 44.1 Å². The first-order valence-corrected chi connectivity index (χ1v) is 12.6. The van der Waals surface area contributed by atoms with E-state index in [-0.39, 0.29) is 17.7 Å². The summed E-state index contributed by atoms with van der Waals surface area (Å²) in [6.45, 7) is 5.68. The molecule has 0 unspecified atom stereocenters. The molecule has 3 aromatic rings. The third kappa shape index (κ3) is 4.92. The first kappa shape index (κ1) is 23.4. The number of ether oxygens (including phenoxy) is 2. The van der Waals surface area contributed by atoms with Crippen LogP contribution in [0.25, 0.3) is 0 Å². The van der Waals surface area contributed by atoms with Crippen LogP contribution in [0.3, 0.4) is 0 Å². The van der Waals surface area contributed by atoms with Gasteiger partial charge in [-0.25, -0.2) is 5.01 Å². The zero-order valence-electron chi connectivity index (χ0n) is 19.8. The lowest BCUT2D eigenvalue weighted by atomic mass is 10.0. The monoisotopic (exact) mass is 496 g/mol. The van der Waals surface area contributed by atoms with E-state index < -0.39 is 0 Å². The SMILES string of the molecule is CCn1c(SCC(=O)N2N=C(c3ccc(OC)cc3)C[C@H]2c2ccco2)nnc1N1CCOCC1. The van der Waals surface area contributed by atoms with E-state index in [0.717, 1.165) is 41.2 Å². The summed E-state index contributed by atoms with van der Waals surface area (Å²) >= 11 is 1.38. The van der Waals surface area contributed by atoms with Gasteiger partial charge in [-0.2, -0.15) is 5.10 Å². The van der Waals surface area contributed by atoms with Crippen LogP contribution in [0, 0.1) is 0 Å². The predicted molar refractivity (Wildman–Crippen MR) is 132 cm³/mol. The van der Waals surface area contributed by atoms with E-state index in [2.05, 4.69) is 22.0 Å². The second-order valence-corrected chi connectivity index (χ2v) is 9.11. The molecule has 2 aromatic heterocycles. The number of nitrogens with zero attached hydrogens (tertiary/aromatic N) is 6. The van der Waals surface area contributed by atoms with Crippen molar-refractivity contribution in [2.45, 2.75) is 31.1 Å². The Hall–Kier alpha value is -3.31. The number of anilines is 1. The highest BCUT2D eigenvalue weighted by Crippen LogP contribution is 2.34. The van der Waals surface area contributed by atoms with Crippen molar-refractivity contribution < 1.29 is 18.7 Å². The van der Waals surface area contributed by atoms with E-state index in [1.807, 2.05) is 41.0 Å². The molecule has 2 aliphatic heterocycles. The highest BCUT2D eigenvalue weighted by atomic mass is 32.2. The number of methoxy groups -OCH3 is 1. The summed E-state index contributed by atoms with van der Waals surface area (Å²) in [5.74, 6) is 2.38. The molecule has 11 heteroatoms. The molecule has 1 fully saturated rings. The highest BCUT2D eigenvalue weighted by molar-refractivity contribution is 7.99. The normalized spacial score (nSPS) is 18.1. The summed E-state index contributed by atoms with van der Waals surface area (Å²) in [7, 11) is 1.64. The zero-order valence-corrected chi connectivity index (χ0v) is 20.6. The fourth-order valence-corrected chi connectivity index (χ4v) is 5.10. The first-order chi connectivity index (χ1) is 17.2. The molecule has 0 radical (unpaired) electrons. The Labute approximate surface area is 207 Å². The van der Waals surface area contributed by atoms with Gasteiger partial charge in [0.1, 0.15) is 17.6 Å². The second kappa shape index (κ2) is 10.5. The standard InChI is InChI=1S/C24H28N6O4S/c1-3-29-23(28-10-13-33-14-11-28)25-26-24(29)35-16-22(31)30-20(21-5-4-12-34-21)15-19(27-30)17-6-8-18(32-2)9-7-17/h4-9,12,20H,3,10-11,13-16H2,1-2H3/t20-/m0/s1. The quantitative estimate of drug-likeness (QED) is 0.439. The minimum Gasteiger partial charge on any atom is -0.497 e. The fourth-order valence-electron chi connectivity index (χ4n) is 4.25. The number of aromatic nitrogens is 3. The number of hydrogen-bond donors (Lipinski definition) is 0. The molecule has 0 bridgehead atoms. The lowest BCUT2D eigenvalue weighted by Crippen LogP contribution is -2.38. The number of hydrogen-bond acceptors (Lipinski definition) is 9. The number of amides is 1. The Kier molecular flexibility index (Phi) is 7.05. The maximum atomic E-state index is 13.4. The number of rotatable bonds is 8. The molecule has 4 heterocycles. The van der Waals surface area contributed by atoms with Gasteiger partial charge in [-0.3, -0.25) is 9.36 Å². The van der Waals surface area contributed by atoms with E-state index in [1.54, 1.807) is 18.4 Å². The molecule has 1 saturated heterocycles. The summed E-state index contributed by atoms with van der Waals surface area (Å²) in [5.41, 5.74) is 1.78. The Balaban J connectivity index is 1.33. The van der Waals surface area contributed by atoms with Crippen molar-refractivity contribution in [1.29, 1.82) is 0 Å². The number of thioether (sulfide) groups is 1. The number of carbonyl (C=O) groups excluding carboxylic acids is 1. The summed E-state index contributed by atoms with van der Waals surface area (Å²) in [6.07, 6.45) is 2.19. The van der Waals surface area contributed by atoms with Crippen LogP contribution in [0.2, 0.25) is 0 Å². The number of furan rings is 1. The molecule has 1 atom stereocenters. The van der Waals surface area contributed by atoms with Crippen LogP contribution in [0.15, 0.2) is 57.3 Å². The van der Waals surface area contributed by atoms with Gasteiger partial charge in [0, 0.05) is 26.1 Å². The molecular formula is C24H28N6O4S. The Morgan fingerprint density at radius 1 is 1.17 bits per heavy atom. The summed E-state index contributed by atoms with van der Waals surface area (Å²) in [4.78, 5) is 15.5. The molecule has 0 saturated carbocycles. The summed E-state index contributed by atoms with van der Waals surface area (Å²) < 4.78 is 18.4. The number of morpholine rings is 1. The molecule has 5 rings (SSSR count). The van der Waals surface area contributed by atoms with Crippen LogP contribution < -0.4 is 9.64 Å². The van der Waals surface area contributed by atoms with Gasteiger partial charge in [0.05, 0.1) is 38.1 Å². The van der Waals surface area contributed by atoms with E-state index in [4.69, 9.17) is 19.0 Å². The smallest absolute Gasteiger partial charge is 0.253 e. The van der Waals surface area contributed by atoms with Gasteiger partial charge in [-0.1, -0.05) is 11.8 Å². The number of hydrazone groups is 1. The Morgan fingerprint density at radius 3 is 2.66 bits per heavy atom. The molecule has 0 spiro atoms. The van der Waals surface area contributed by atoms with E-state index in [9.17, 15) is 4.79 Å². The lowest BCUT2D eigenvalue weighted by Gasteiger charge is -2.27. The zero-order chi connectivity index (χ0) is 24.2. The maximum Gasteiger partial charge on any atom is 0.253 e. The lowest BCUT2D eigenvalue weighted by molar-refractivity contribution is -0.130. The molecule has 10 nitrogen and oxygen atoms in total. The summed E-state index contributed by atoms with van der Waals surface area (Å²) in [5, 5.41) is 15.7. The molecular weight excluding hydrogens is 468 g/mol. The molecule has 0 aliphatic carbocycles. The minimum absolute atomic E-state index is 0.113. The van der Waals surface area contributed by atoms with E-state index in [1.165, 1.54) is 11.8 Å². The number of carbonyl (C=O) groups is 1. The van der Waals surface area contributed by atoms with Crippen LogP contribution in [0.4, 0.5) is 5.95 Å². The van der Waals surface area contributed by atoms with Gasteiger partial charge in [-0.15, -0.1) is 10.2 Å². The number of benzene rings is 1. The van der Waals surface area contributed by atoms with Gasteiger partial charge in [-0.05, 0) is 48.9 Å². The molecule has 1 aromatic carbocycles. The second-order valence-electron chi connectivity index (χ2n) is 8.16. The maximum absolute atomic E-state index is 13.4. The van der Waals surface area contributed by atoms with Gasteiger partial charge < -0.3 is 18.8 Å². The average Bonchev–Trinajstić information content (AvgIpc) is 3.67. The molecule has 35 heavy (non-hydrogen) atoms. The van der Waals surface area contributed by atoms with Crippen LogP contribution in [-0.4, -0.2) is 70.6 Å². The fraction of sp³-hybridized carbons (Fsp3) is 0.417. The largest absolute Gasteiger partial charge is 0.497 e. The highest BCUT2D eigenvalue weighted by Gasteiger charge is 2.35. The van der Waals surface area contributed by atoms with E-state index in [0.29, 0.717) is 31.9 Å². The van der Waals surface area contributed by atoms with Gasteiger partial charge in [0.25, 0.3) is 5.91 Å².